The molecule has 3 amide bonds. The van der Waals surface area contributed by atoms with Gasteiger partial charge in [0.05, 0.1) is 12.6 Å². The molecule has 1 aromatic rings. The molecule has 3 rings (SSSR count). The van der Waals surface area contributed by atoms with Gasteiger partial charge in [0.25, 0.3) is 0 Å². The van der Waals surface area contributed by atoms with Gasteiger partial charge in [0.1, 0.15) is 0 Å². The molecular formula is C17H24N4O3. The molecule has 7 heteroatoms. The van der Waals surface area contributed by atoms with Gasteiger partial charge in [0, 0.05) is 51.4 Å². The maximum Gasteiger partial charge on any atom is 0.324 e. The van der Waals surface area contributed by atoms with Crippen molar-refractivity contribution in [3.05, 3.63) is 30.3 Å². The van der Waals surface area contributed by atoms with Crippen LogP contribution >= 0.6 is 0 Å². The van der Waals surface area contributed by atoms with E-state index in [0.29, 0.717) is 19.5 Å². The minimum atomic E-state index is -0.721. The van der Waals surface area contributed by atoms with Gasteiger partial charge in [-0.3, -0.25) is 14.6 Å². The molecule has 0 bridgehead atoms. The van der Waals surface area contributed by atoms with Crippen molar-refractivity contribution in [2.24, 2.45) is 0 Å². The number of hydrogen-bond acceptors (Lipinski definition) is 5. The quantitative estimate of drug-likeness (QED) is 0.800. The summed E-state index contributed by atoms with van der Waals surface area (Å²) < 4.78 is 0. The number of anilines is 1. The third-order valence-corrected chi connectivity index (χ3v) is 4.52. The lowest BCUT2D eigenvalue weighted by Gasteiger charge is -2.37. The van der Waals surface area contributed by atoms with Crippen LogP contribution in [0, 0.1) is 0 Å². The summed E-state index contributed by atoms with van der Waals surface area (Å²) in [5.74, 6) is -0.216. The summed E-state index contributed by atoms with van der Waals surface area (Å²) in [7, 11) is 0. The van der Waals surface area contributed by atoms with Crippen molar-refractivity contribution in [1.82, 2.24) is 15.1 Å². The highest BCUT2D eigenvalue weighted by atomic mass is 16.3. The Bertz CT molecular complexity index is 556. The highest BCUT2D eigenvalue weighted by Crippen LogP contribution is 2.15. The third kappa shape index (κ3) is 4.04. The van der Waals surface area contributed by atoms with Crippen LogP contribution in [0.1, 0.15) is 6.42 Å². The monoisotopic (exact) mass is 332 g/mol. The van der Waals surface area contributed by atoms with Crippen molar-refractivity contribution in [1.29, 1.82) is 0 Å². The minimum absolute atomic E-state index is 0.0591. The lowest BCUT2D eigenvalue weighted by Crippen LogP contribution is -2.54. The predicted molar refractivity (Wildman–Crippen MR) is 90.8 cm³/mol. The van der Waals surface area contributed by atoms with Crippen LogP contribution in [-0.4, -0.2) is 78.8 Å². The largest absolute Gasteiger partial charge is 0.390 e. The lowest BCUT2D eigenvalue weighted by molar-refractivity contribution is -0.130. The molecule has 2 aliphatic heterocycles. The van der Waals surface area contributed by atoms with Crippen LogP contribution in [0.5, 0.6) is 0 Å². The number of para-hydroxylation sites is 1. The zero-order valence-electron chi connectivity index (χ0n) is 13.7. The van der Waals surface area contributed by atoms with E-state index in [2.05, 4.69) is 27.2 Å². The summed E-state index contributed by atoms with van der Waals surface area (Å²) in [5, 5.41) is 12.9. The van der Waals surface area contributed by atoms with Crippen molar-refractivity contribution >= 4 is 17.6 Å². The van der Waals surface area contributed by atoms with E-state index in [1.54, 1.807) is 0 Å². The molecule has 2 fully saturated rings. The topological polar surface area (TPSA) is 76.1 Å². The molecular weight excluding hydrogens is 308 g/mol. The van der Waals surface area contributed by atoms with Crippen molar-refractivity contribution in [2.75, 3.05) is 50.7 Å². The number of carbonyl (C=O) groups is 2. The Labute approximate surface area is 141 Å². The molecule has 1 unspecified atom stereocenters. The van der Waals surface area contributed by atoms with Crippen LogP contribution in [0.4, 0.5) is 10.5 Å². The normalized spacial score (nSPS) is 20.9. The van der Waals surface area contributed by atoms with E-state index in [-0.39, 0.29) is 12.5 Å². The van der Waals surface area contributed by atoms with Gasteiger partial charge in [0.2, 0.25) is 5.91 Å². The average Bonchev–Trinajstić information content (AvgIpc) is 2.60. The zero-order valence-corrected chi connectivity index (χ0v) is 13.7. The molecule has 7 nitrogen and oxygen atoms in total. The third-order valence-electron chi connectivity index (χ3n) is 4.52. The van der Waals surface area contributed by atoms with Gasteiger partial charge in [-0.1, -0.05) is 18.2 Å². The molecule has 130 valence electrons. The van der Waals surface area contributed by atoms with Crippen LogP contribution in [0.2, 0.25) is 0 Å². The number of urea groups is 1. The lowest BCUT2D eigenvalue weighted by atomic mass is 10.2. The van der Waals surface area contributed by atoms with Gasteiger partial charge in [-0.05, 0) is 12.1 Å². The van der Waals surface area contributed by atoms with Crippen LogP contribution < -0.4 is 10.2 Å². The molecule has 0 spiro atoms. The minimum Gasteiger partial charge on any atom is -0.390 e. The predicted octanol–water partition coefficient (Wildman–Crippen LogP) is 0.111. The fraction of sp³-hybridized carbons (Fsp3) is 0.529. The van der Waals surface area contributed by atoms with Crippen LogP contribution in [0.25, 0.3) is 0 Å². The number of benzene rings is 1. The fourth-order valence-corrected chi connectivity index (χ4v) is 3.20. The maximum absolute atomic E-state index is 11.8. The number of piperazine rings is 1. The van der Waals surface area contributed by atoms with Gasteiger partial charge in [-0.15, -0.1) is 0 Å². The van der Waals surface area contributed by atoms with Gasteiger partial charge in [0.15, 0.2) is 0 Å². The fourth-order valence-electron chi connectivity index (χ4n) is 3.20. The van der Waals surface area contributed by atoms with Gasteiger partial charge < -0.3 is 15.3 Å². The summed E-state index contributed by atoms with van der Waals surface area (Å²) in [6.07, 6.45) is -0.421. The molecule has 2 saturated heterocycles. The summed E-state index contributed by atoms with van der Waals surface area (Å²) in [6, 6.07) is 9.88. The Balaban J connectivity index is 1.45. The number of aliphatic hydroxyl groups excluding tert-OH is 1. The van der Waals surface area contributed by atoms with Crippen LogP contribution in [0.3, 0.4) is 0 Å². The molecule has 0 saturated carbocycles. The first-order chi connectivity index (χ1) is 11.6. The smallest absolute Gasteiger partial charge is 0.324 e. The highest BCUT2D eigenvalue weighted by molar-refractivity contribution is 5.96. The maximum atomic E-state index is 11.8. The Hall–Kier alpha value is -2.12. The number of nitrogens with one attached hydrogen (secondary N) is 1. The van der Waals surface area contributed by atoms with E-state index in [1.807, 2.05) is 18.2 Å². The first-order valence-electron chi connectivity index (χ1n) is 8.42. The van der Waals surface area contributed by atoms with Crippen molar-refractivity contribution in [3.63, 3.8) is 0 Å². The first-order valence-corrected chi connectivity index (χ1v) is 8.42. The molecule has 2 heterocycles. The van der Waals surface area contributed by atoms with E-state index < -0.39 is 12.1 Å². The van der Waals surface area contributed by atoms with Gasteiger partial charge in [-0.2, -0.15) is 0 Å². The second-order valence-corrected chi connectivity index (χ2v) is 6.26. The Morgan fingerprint density at radius 2 is 1.75 bits per heavy atom. The number of imide groups is 1. The van der Waals surface area contributed by atoms with Gasteiger partial charge >= 0.3 is 6.03 Å². The number of rotatable bonds is 5. The van der Waals surface area contributed by atoms with E-state index in [4.69, 9.17) is 0 Å². The second-order valence-electron chi connectivity index (χ2n) is 6.26. The molecule has 2 aliphatic rings. The highest BCUT2D eigenvalue weighted by Gasteiger charge is 2.28. The summed E-state index contributed by atoms with van der Waals surface area (Å²) in [4.78, 5) is 29.1. The summed E-state index contributed by atoms with van der Waals surface area (Å²) >= 11 is 0. The van der Waals surface area contributed by atoms with Crippen LogP contribution in [-0.2, 0) is 4.79 Å². The Morgan fingerprint density at radius 3 is 2.42 bits per heavy atom. The zero-order chi connectivity index (χ0) is 16.9. The van der Waals surface area contributed by atoms with E-state index in [9.17, 15) is 14.7 Å². The van der Waals surface area contributed by atoms with Crippen molar-refractivity contribution in [3.8, 4) is 0 Å². The summed E-state index contributed by atoms with van der Waals surface area (Å²) in [6.45, 7) is 4.42. The van der Waals surface area contributed by atoms with Gasteiger partial charge in [-0.25, -0.2) is 4.79 Å². The van der Waals surface area contributed by atoms with Crippen molar-refractivity contribution in [2.45, 2.75) is 12.5 Å². The molecule has 0 aromatic heterocycles. The van der Waals surface area contributed by atoms with Crippen molar-refractivity contribution < 1.29 is 14.7 Å². The number of β-amino-alcohol motifs (C(OH)–C–C–N with tert-alkyl or cyclic N) is 1. The van der Waals surface area contributed by atoms with Crippen LogP contribution in [0.15, 0.2) is 30.3 Å². The van der Waals surface area contributed by atoms with E-state index in [1.165, 1.54) is 5.69 Å². The number of amides is 3. The Morgan fingerprint density at radius 1 is 1.04 bits per heavy atom. The molecule has 0 aliphatic carbocycles. The average molecular weight is 332 g/mol. The first kappa shape index (κ1) is 16.7. The van der Waals surface area contributed by atoms with E-state index in [0.717, 1.165) is 31.1 Å². The number of nitrogens with zero attached hydrogens (tertiary/aromatic N) is 3. The summed E-state index contributed by atoms with van der Waals surface area (Å²) in [5.41, 5.74) is 1.22. The number of aliphatic hydroxyl groups is 1. The molecule has 1 aromatic carbocycles. The molecule has 2 N–H and O–H groups in total. The molecule has 24 heavy (non-hydrogen) atoms. The number of carbonyl (C=O) groups excluding carboxylic acids is 2. The van der Waals surface area contributed by atoms with E-state index >= 15 is 0 Å². The standard InChI is InChI=1S/C17H24N4O3/c22-15(13-21-16(23)6-7-18-17(21)24)12-19-8-10-20(11-9-19)14-4-2-1-3-5-14/h1-5,15,22H,6-13H2,(H,18,24). The SMILES string of the molecule is O=C1CCNC(=O)N1CC(O)CN1CCN(c2ccccc2)CC1. The molecule has 0 radical (unpaired) electrons. The number of hydrogen-bond donors (Lipinski definition) is 2. The second kappa shape index (κ2) is 7.63. The molecule has 1 atom stereocenters. The Kier molecular flexibility index (Phi) is 5.32.